The van der Waals surface area contributed by atoms with Crippen LogP contribution in [0.25, 0.3) is 0 Å². The maximum Gasteiger partial charge on any atom is 0.251 e. The number of nitrogens with one attached hydrogen (secondary N) is 1. The van der Waals surface area contributed by atoms with Gasteiger partial charge in [-0.2, -0.15) is 0 Å². The van der Waals surface area contributed by atoms with Crippen molar-refractivity contribution in [3.05, 3.63) is 35.9 Å². The molecule has 0 aliphatic rings. The number of rotatable bonds is 4. The fraction of sp³-hybridized carbons (Fsp3) is 0.417. The first kappa shape index (κ1) is 12.2. The second-order valence-corrected chi connectivity index (χ2v) is 4.94. The smallest absolute Gasteiger partial charge is 0.251 e. The Labute approximate surface area is 99.2 Å². The van der Waals surface area contributed by atoms with Crippen LogP contribution in [0.15, 0.2) is 30.3 Å². The molecular weight excluding hydrogens is 254 g/mol. The molecule has 0 saturated carbocycles. The van der Waals surface area contributed by atoms with E-state index in [1.807, 2.05) is 44.2 Å². The number of carbonyl (C=O) groups is 1. The summed E-state index contributed by atoms with van der Waals surface area (Å²) < 4.78 is 0. The van der Waals surface area contributed by atoms with E-state index >= 15 is 0 Å². The minimum Gasteiger partial charge on any atom is -0.347 e. The lowest BCUT2D eigenvalue weighted by molar-refractivity contribution is 0.0912. The van der Waals surface area contributed by atoms with E-state index in [0.717, 1.165) is 11.8 Å². The highest BCUT2D eigenvalue weighted by Gasteiger charge is 2.19. The fourth-order valence-electron chi connectivity index (χ4n) is 1.27. The number of amides is 1. The minimum absolute atomic E-state index is 0.0125. The molecule has 0 unspecified atom stereocenters. The summed E-state index contributed by atoms with van der Waals surface area (Å²) in [5.41, 5.74) is 0.538. The number of carbonyl (C=O) groups excluding carboxylic acids is 1. The zero-order chi connectivity index (χ0) is 11.3. The molecule has 1 aromatic carbocycles. The van der Waals surface area contributed by atoms with Crippen molar-refractivity contribution in [2.75, 3.05) is 5.33 Å². The Kier molecular flexibility index (Phi) is 4.33. The van der Waals surface area contributed by atoms with Crippen LogP contribution in [-0.4, -0.2) is 16.8 Å². The van der Waals surface area contributed by atoms with Crippen LogP contribution < -0.4 is 5.32 Å². The van der Waals surface area contributed by atoms with E-state index in [2.05, 4.69) is 21.2 Å². The van der Waals surface area contributed by atoms with Crippen LogP contribution in [-0.2, 0) is 0 Å². The second-order valence-electron chi connectivity index (χ2n) is 4.14. The van der Waals surface area contributed by atoms with E-state index in [4.69, 9.17) is 0 Å². The quantitative estimate of drug-likeness (QED) is 0.837. The van der Waals surface area contributed by atoms with Crippen molar-refractivity contribution in [3.8, 4) is 0 Å². The van der Waals surface area contributed by atoms with Crippen molar-refractivity contribution < 1.29 is 4.79 Å². The van der Waals surface area contributed by atoms with Gasteiger partial charge in [0.05, 0.1) is 0 Å². The van der Waals surface area contributed by atoms with E-state index in [1.165, 1.54) is 0 Å². The summed E-state index contributed by atoms with van der Waals surface area (Å²) in [6, 6.07) is 9.28. The zero-order valence-corrected chi connectivity index (χ0v) is 10.7. The molecular formula is C12H16BrNO. The first-order chi connectivity index (χ1) is 7.05. The number of alkyl halides is 1. The Balaban J connectivity index is 2.64. The summed E-state index contributed by atoms with van der Waals surface area (Å²) in [4.78, 5) is 11.8. The lowest BCUT2D eigenvalue weighted by atomic mass is 10.0. The first-order valence-corrected chi connectivity index (χ1v) is 6.11. The molecule has 0 radical (unpaired) electrons. The molecule has 0 aliphatic carbocycles. The Hall–Kier alpha value is -0.830. The Morgan fingerprint density at radius 3 is 2.47 bits per heavy atom. The summed E-state index contributed by atoms with van der Waals surface area (Å²) in [5.74, 6) is -0.0125. The van der Waals surface area contributed by atoms with Gasteiger partial charge in [-0.3, -0.25) is 4.79 Å². The third kappa shape index (κ3) is 4.04. The van der Waals surface area contributed by atoms with E-state index in [0.29, 0.717) is 5.56 Å². The largest absolute Gasteiger partial charge is 0.347 e. The SMILES string of the molecule is CC(C)(CCBr)NC(=O)c1ccccc1. The van der Waals surface area contributed by atoms with Gasteiger partial charge in [-0.1, -0.05) is 34.1 Å². The number of benzene rings is 1. The molecule has 1 aromatic rings. The molecule has 0 saturated heterocycles. The van der Waals surface area contributed by atoms with Gasteiger partial charge < -0.3 is 5.32 Å². The van der Waals surface area contributed by atoms with Crippen molar-refractivity contribution >= 4 is 21.8 Å². The van der Waals surface area contributed by atoms with Gasteiger partial charge in [0.2, 0.25) is 0 Å². The van der Waals surface area contributed by atoms with Gasteiger partial charge >= 0.3 is 0 Å². The van der Waals surface area contributed by atoms with Gasteiger partial charge in [0.1, 0.15) is 0 Å². The van der Waals surface area contributed by atoms with Crippen LogP contribution in [0.4, 0.5) is 0 Å². The van der Waals surface area contributed by atoms with Crippen LogP contribution in [0.1, 0.15) is 30.6 Å². The van der Waals surface area contributed by atoms with Crippen LogP contribution in [0.5, 0.6) is 0 Å². The molecule has 0 spiro atoms. The van der Waals surface area contributed by atoms with E-state index in [-0.39, 0.29) is 11.4 Å². The van der Waals surface area contributed by atoms with Crippen LogP contribution in [0.2, 0.25) is 0 Å². The number of halogens is 1. The van der Waals surface area contributed by atoms with Crippen LogP contribution in [0, 0.1) is 0 Å². The fourth-order valence-corrected chi connectivity index (χ4v) is 2.26. The molecule has 3 heteroatoms. The average Bonchev–Trinajstić information content (AvgIpc) is 2.18. The van der Waals surface area contributed by atoms with E-state index in [1.54, 1.807) is 0 Å². The normalized spacial score (nSPS) is 11.1. The summed E-state index contributed by atoms with van der Waals surface area (Å²) in [7, 11) is 0. The van der Waals surface area contributed by atoms with E-state index < -0.39 is 0 Å². The summed E-state index contributed by atoms with van der Waals surface area (Å²) in [5, 5.41) is 3.89. The van der Waals surface area contributed by atoms with Gasteiger partial charge in [-0.15, -0.1) is 0 Å². The second kappa shape index (κ2) is 5.31. The van der Waals surface area contributed by atoms with Gasteiger partial charge in [-0.05, 0) is 32.4 Å². The molecule has 1 amide bonds. The lowest BCUT2D eigenvalue weighted by Gasteiger charge is -2.25. The topological polar surface area (TPSA) is 29.1 Å². The molecule has 15 heavy (non-hydrogen) atoms. The van der Waals surface area contributed by atoms with Gasteiger partial charge in [0, 0.05) is 16.4 Å². The molecule has 2 nitrogen and oxygen atoms in total. The van der Waals surface area contributed by atoms with Crippen molar-refractivity contribution in [1.82, 2.24) is 5.32 Å². The Morgan fingerprint density at radius 1 is 1.33 bits per heavy atom. The highest BCUT2D eigenvalue weighted by Crippen LogP contribution is 2.11. The minimum atomic E-state index is -0.170. The molecule has 1 rings (SSSR count). The summed E-state index contributed by atoms with van der Waals surface area (Å²) in [6.45, 7) is 4.05. The molecule has 1 N–H and O–H groups in total. The first-order valence-electron chi connectivity index (χ1n) is 4.99. The van der Waals surface area contributed by atoms with Crippen molar-refractivity contribution in [1.29, 1.82) is 0 Å². The van der Waals surface area contributed by atoms with Crippen molar-refractivity contribution in [2.24, 2.45) is 0 Å². The molecule has 0 aliphatic heterocycles. The average molecular weight is 270 g/mol. The third-order valence-corrected chi connectivity index (χ3v) is 2.60. The standard InChI is InChI=1S/C12H16BrNO/c1-12(2,8-9-13)14-11(15)10-6-4-3-5-7-10/h3-7H,8-9H2,1-2H3,(H,14,15). The predicted octanol–water partition coefficient (Wildman–Crippen LogP) is 2.98. The third-order valence-electron chi connectivity index (χ3n) is 2.21. The van der Waals surface area contributed by atoms with Gasteiger partial charge in [0.15, 0.2) is 0 Å². The maximum absolute atomic E-state index is 11.8. The molecule has 0 heterocycles. The maximum atomic E-state index is 11.8. The summed E-state index contributed by atoms with van der Waals surface area (Å²) in [6.07, 6.45) is 0.908. The monoisotopic (exact) mass is 269 g/mol. The van der Waals surface area contributed by atoms with Crippen LogP contribution >= 0.6 is 15.9 Å². The highest BCUT2D eigenvalue weighted by atomic mass is 79.9. The van der Waals surface area contributed by atoms with Gasteiger partial charge in [-0.25, -0.2) is 0 Å². The van der Waals surface area contributed by atoms with E-state index in [9.17, 15) is 4.79 Å². The number of hydrogen-bond donors (Lipinski definition) is 1. The number of hydrogen-bond acceptors (Lipinski definition) is 1. The predicted molar refractivity (Wildman–Crippen MR) is 66.4 cm³/mol. The van der Waals surface area contributed by atoms with Gasteiger partial charge in [0.25, 0.3) is 5.91 Å². The Morgan fingerprint density at radius 2 is 1.93 bits per heavy atom. The molecule has 0 aromatic heterocycles. The zero-order valence-electron chi connectivity index (χ0n) is 9.09. The molecule has 0 fully saturated rings. The molecule has 0 bridgehead atoms. The van der Waals surface area contributed by atoms with Crippen molar-refractivity contribution in [2.45, 2.75) is 25.8 Å². The lowest BCUT2D eigenvalue weighted by Crippen LogP contribution is -2.43. The molecule has 0 atom stereocenters. The molecule has 82 valence electrons. The highest BCUT2D eigenvalue weighted by molar-refractivity contribution is 9.09. The van der Waals surface area contributed by atoms with Crippen LogP contribution in [0.3, 0.4) is 0 Å². The van der Waals surface area contributed by atoms with Crippen molar-refractivity contribution in [3.63, 3.8) is 0 Å². The Bertz CT molecular complexity index is 322. The summed E-state index contributed by atoms with van der Waals surface area (Å²) >= 11 is 3.38.